The van der Waals surface area contributed by atoms with Gasteiger partial charge in [0.1, 0.15) is 5.82 Å². The molecule has 200 valence electrons. The number of amides is 4. The monoisotopic (exact) mass is 537 g/mol. The lowest BCUT2D eigenvalue weighted by molar-refractivity contribution is -0.145. The third-order valence-electron chi connectivity index (χ3n) is 8.14. The van der Waals surface area contributed by atoms with Crippen LogP contribution < -0.4 is 15.1 Å². The summed E-state index contributed by atoms with van der Waals surface area (Å²) in [6, 6.07) is 15.9. The average Bonchev–Trinajstić information content (AvgIpc) is 2.92. The zero-order valence-electron chi connectivity index (χ0n) is 20.5. The maximum Gasteiger partial charge on any atom is 0.416 e. The van der Waals surface area contributed by atoms with E-state index in [1.54, 1.807) is 11.0 Å². The quantitative estimate of drug-likeness (QED) is 0.350. The standard InChI is InChI=1S/C29H23F4N3O3/c30-22-8-4-7-19-16-28(23-15-18(13-14-35(23)24(19)22)17-5-2-1-3-6-17)25(37)34-27(39)36(26(28)38)21-11-9-20(10-12-21)29(31,32)33/h1-12,18,23H,13-16H2,(H,34,37,39)/t18-,23-,28+/m0/s1. The first-order chi connectivity index (χ1) is 18.6. The Morgan fingerprint density at radius 1 is 0.897 bits per heavy atom. The summed E-state index contributed by atoms with van der Waals surface area (Å²) in [6.07, 6.45) is -3.76. The van der Waals surface area contributed by atoms with E-state index in [-0.39, 0.29) is 18.0 Å². The summed E-state index contributed by atoms with van der Waals surface area (Å²) in [5.74, 6) is -2.13. The molecule has 3 aromatic rings. The summed E-state index contributed by atoms with van der Waals surface area (Å²) in [6.45, 7) is 0.370. The second-order valence-corrected chi connectivity index (χ2v) is 10.2. The number of halogens is 4. The van der Waals surface area contributed by atoms with Gasteiger partial charge in [-0.05, 0) is 66.6 Å². The van der Waals surface area contributed by atoms with E-state index in [0.717, 1.165) is 34.7 Å². The Bertz CT molecular complexity index is 1480. The molecule has 0 saturated carbocycles. The fourth-order valence-electron chi connectivity index (χ4n) is 6.31. The summed E-state index contributed by atoms with van der Waals surface area (Å²) < 4.78 is 54.6. The smallest absolute Gasteiger partial charge is 0.364 e. The van der Waals surface area contributed by atoms with Crippen LogP contribution >= 0.6 is 0 Å². The molecule has 0 bridgehead atoms. The van der Waals surface area contributed by atoms with Gasteiger partial charge >= 0.3 is 12.2 Å². The molecular formula is C29H23F4N3O3. The van der Waals surface area contributed by atoms with Crippen LogP contribution in [0.5, 0.6) is 0 Å². The Labute approximate surface area is 221 Å². The topological polar surface area (TPSA) is 69.7 Å². The maximum atomic E-state index is 15.2. The fraction of sp³-hybridized carbons (Fsp3) is 0.276. The number of hydrogen-bond donors (Lipinski definition) is 1. The van der Waals surface area contributed by atoms with E-state index < -0.39 is 46.9 Å². The highest BCUT2D eigenvalue weighted by atomic mass is 19.4. The predicted octanol–water partition coefficient (Wildman–Crippen LogP) is 5.42. The van der Waals surface area contributed by atoms with Crippen LogP contribution in [0.1, 0.15) is 35.4 Å². The van der Waals surface area contributed by atoms with Crippen LogP contribution in [0.2, 0.25) is 0 Å². The van der Waals surface area contributed by atoms with Gasteiger partial charge < -0.3 is 4.90 Å². The van der Waals surface area contributed by atoms with Crippen molar-refractivity contribution in [3.8, 4) is 0 Å². The van der Waals surface area contributed by atoms with Crippen LogP contribution in [-0.2, 0) is 22.2 Å². The maximum absolute atomic E-state index is 15.2. The number of benzene rings is 3. The lowest BCUT2D eigenvalue weighted by Gasteiger charge is -2.54. The Morgan fingerprint density at radius 3 is 2.31 bits per heavy atom. The molecule has 3 heterocycles. The number of hydrogen-bond acceptors (Lipinski definition) is 4. The van der Waals surface area contributed by atoms with Crippen LogP contribution in [-0.4, -0.2) is 30.4 Å². The number of para-hydroxylation sites is 1. The molecule has 2 fully saturated rings. The molecule has 2 saturated heterocycles. The Balaban J connectivity index is 1.47. The minimum Gasteiger partial charge on any atom is -0.364 e. The highest BCUT2D eigenvalue weighted by molar-refractivity contribution is 6.30. The van der Waals surface area contributed by atoms with Crippen molar-refractivity contribution in [3.63, 3.8) is 0 Å². The molecule has 0 radical (unpaired) electrons. The first-order valence-electron chi connectivity index (χ1n) is 12.6. The normalized spacial score (nSPS) is 24.9. The van der Waals surface area contributed by atoms with Crippen molar-refractivity contribution in [2.24, 2.45) is 5.41 Å². The highest BCUT2D eigenvalue weighted by Crippen LogP contribution is 2.51. The number of barbiturate groups is 1. The number of alkyl halides is 3. The number of urea groups is 1. The molecular weight excluding hydrogens is 514 g/mol. The van der Waals surface area contributed by atoms with Gasteiger partial charge in [0, 0.05) is 6.54 Å². The second-order valence-electron chi connectivity index (χ2n) is 10.2. The van der Waals surface area contributed by atoms with Crippen LogP contribution in [0.4, 0.5) is 33.7 Å². The molecule has 6 rings (SSSR count). The molecule has 3 aliphatic rings. The number of fused-ring (bicyclic) bond motifs is 4. The van der Waals surface area contributed by atoms with Gasteiger partial charge in [-0.3, -0.25) is 14.9 Å². The van der Waals surface area contributed by atoms with Gasteiger partial charge in [-0.2, -0.15) is 13.2 Å². The molecule has 1 spiro atoms. The van der Waals surface area contributed by atoms with Gasteiger partial charge in [0.15, 0.2) is 5.41 Å². The fourth-order valence-corrected chi connectivity index (χ4v) is 6.31. The molecule has 10 heteroatoms. The van der Waals surface area contributed by atoms with E-state index in [4.69, 9.17) is 0 Å². The SMILES string of the molecule is O=C1NC(=O)[C@]2(Cc3cccc(F)c3N3CC[C@H](c4ccccc4)C[C@H]32)C(=O)N1c1ccc(C(F)(F)F)cc1. The molecule has 3 atom stereocenters. The summed E-state index contributed by atoms with van der Waals surface area (Å²) >= 11 is 0. The molecule has 3 aromatic carbocycles. The number of imide groups is 2. The lowest BCUT2D eigenvalue weighted by atomic mass is 9.64. The van der Waals surface area contributed by atoms with Gasteiger partial charge in [-0.15, -0.1) is 0 Å². The van der Waals surface area contributed by atoms with Crippen molar-refractivity contribution < 1.29 is 31.9 Å². The van der Waals surface area contributed by atoms with Gasteiger partial charge in [0.25, 0.3) is 5.91 Å². The first kappa shape index (κ1) is 25.1. The molecule has 0 aromatic heterocycles. The lowest BCUT2D eigenvalue weighted by Crippen LogP contribution is -2.73. The third kappa shape index (κ3) is 3.88. The molecule has 3 aliphatic heterocycles. The number of anilines is 2. The summed E-state index contributed by atoms with van der Waals surface area (Å²) in [5, 5.41) is 2.28. The molecule has 0 unspecified atom stereocenters. The van der Waals surface area contributed by atoms with Crippen LogP contribution in [0.15, 0.2) is 72.8 Å². The van der Waals surface area contributed by atoms with E-state index in [1.165, 1.54) is 12.1 Å². The molecule has 4 amide bonds. The Kier molecular flexibility index (Phi) is 5.74. The van der Waals surface area contributed by atoms with E-state index in [0.29, 0.717) is 30.6 Å². The third-order valence-corrected chi connectivity index (χ3v) is 8.14. The second kappa shape index (κ2) is 8.93. The number of carbonyl (C=O) groups excluding carboxylic acids is 3. The van der Waals surface area contributed by atoms with Crippen LogP contribution in [0.3, 0.4) is 0 Å². The minimum absolute atomic E-state index is 0.0320. The van der Waals surface area contributed by atoms with Gasteiger partial charge in [0.2, 0.25) is 5.91 Å². The highest BCUT2D eigenvalue weighted by Gasteiger charge is 2.63. The number of piperidine rings is 1. The van der Waals surface area contributed by atoms with Crippen molar-refractivity contribution in [1.82, 2.24) is 5.32 Å². The first-order valence-corrected chi connectivity index (χ1v) is 12.6. The molecule has 1 N–H and O–H groups in total. The van der Waals surface area contributed by atoms with Gasteiger partial charge in [-0.1, -0.05) is 42.5 Å². The predicted molar refractivity (Wildman–Crippen MR) is 135 cm³/mol. The van der Waals surface area contributed by atoms with E-state index >= 15 is 4.39 Å². The Hall–Kier alpha value is -4.21. The van der Waals surface area contributed by atoms with Crippen molar-refractivity contribution in [2.75, 3.05) is 16.3 Å². The molecule has 0 aliphatic carbocycles. The summed E-state index contributed by atoms with van der Waals surface area (Å²) in [5.41, 5.74) is -1.03. The van der Waals surface area contributed by atoms with Gasteiger partial charge in [-0.25, -0.2) is 14.1 Å². The van der Waals surface area contributed by atoms with Gasteiger partial charge in [0.05, 0.1) is 23.0 Å². The largest absolute Gasteiger partial charge is 0.416 e. The summed E-state index contributed by atoms with van der Waals surface area (Å²) in [4.78, 5) is 43.4. The van der Waals surface area contributed by atoms with E-state index in [9.17, 15) is 27.6 Å². The van der Waals surface area contributed by atoms with E-state index in [1.807, 2.05) is 30.3 Å². The zero-order chi connectivity index (χ0) is 27.5. The van der Waals surface area contributed by atoms with Crippen molar-refractivity contribution in [2.45, 2.75) is 37.4 Å². The average molecular weight is 538 g/mol. The van der Waals surface area contributed by atoms with Crippen molar-refractivity contribution in [3.05, 3.63) is 95.3 Å². The van der Waals surface area contributed by atoms with Crippen molar-refractivity contribution in [1.29, 1.82) is 0 Å². The summed E-state index contributed by atoms with van der Waals surface area (Å²) in [7, 11) is 0. The van der Waals surface area contributed by atoms with Crippen molar-refractivity contribution >= 4 is 29.2 Å². The van der Waals surface area contributed by atoms with E-state index in [2.05, 4.69) is 5.32 Å². The number of nitrogens with zero attached hydrogens (tertiary/aromatic N) is 2. The number of rotatable bonds is 2. The van der Waals surface area contributed by atoms with Crippen LogP contribution in [0, 0.1) is 11.2 Å². The zero-order valence-corrected chi connectivity index (χ0v) is 20.5. The number of carbonyl (C=O) groups is 3. The molecule has 6 nitrogen and oxygen atoms in total. The minimum atomic E-state index is -4.60. The Morgan fingerprint density at radius 2 is 1.62 bits per heavy atom. The number of nitrogens with one attached hydrogen (secondary N) is 1. The van der Waals surface area contributed by atoms with Crippen LogP contribution in [0.25, 0.3) is 0 Å². The molecule has 39 heavy (non-hydrogen) atoms.